The van der Waals surface area contributed by atoms with Crippen molar-refractivity contribution in [2.75, 3.05) is 9.80 Å². The van der Waals surface area contributed by atoms with E-state index in [0.29, 0.717) is 0 Å². The molecule has 2 aliphatic heterocycles. The van der Waals surface area contributed by atoms with Gasteiger partial charge in [-0.15, -0.1) is 0 Å². The SMILES string of the molecule is C(=C1/[N-]c2ccccc2N1c1ccccc1)/c1ccccn1.C(=C1/[N-]c2ccccc2N1c1ccccc1)/c1ccccn1.[Pt+2]. The maximum absolute atomic E-state index is 4.75. The third-order valence-electron chi connectivity index (χ3n) is 7.13. The number of nitrogens with zero attached hydrogens (tertiary/aromatic N) is 6. The van der Waals surface area contributed by atoms with E-state index < -0.39 is 0 Å². The Hall–Kier alpha value is -5.45. The summed E-state index contributed by atoms with van der Waals surface area (Å²) in [7, 11) is 0. The summed E-state index contributed by atoms with van der Waals surface area (Å²) in [5.41, 5.74) is 8.13. The molecule has 0 bridgehead atoms. The van der Waals surface area contributed by atoms with Crippen molar-refractivity contribution in [3.05, 3.63) is 192 Å². The number of para-hydroxylation sites is 6. The standard InChI is InChI=1S/2C19H14N3.Pt/c2*1-2-9-16(10-3-1)22-18-12-5-4-11-17(18)21-19(22)14-15-8-6-7-13-20-15;/h2*1-14H;/q2*-1;+2/b2*19-14+;. The first-order valence-electron chi connectivity index (χ1n) is 14.4. The van der Waals surface area contributed by atoms with Gasteiger partial charge in [0.25, 0.3) is 0 Å². The molecule has 2 aliphatic rings. The second kappa shape index (κ2) is 13.9. The molecule has 0 unspecified atom stereocenters. The molecule has 0 atom stereocenters. The summed E-state index contributed by atoms with van der Waals surface area (Å²) in [6, 6.07) is 48.6. The van der Waals surface area contributed by atoms with Gasteiger partial charge in [-0.3, -0.25) is 9.97 Å². The van der Waals surface area contributed by atoms with E-state index in [1.807, 2.05) is 121 Å². The number of hydrogen-bond donors (Lipinski definition) is 0. The fraction of sp³-hybridized carbons (Fsp3) is 0. The molecule has 0 saturated carbocycles. The molecule has 4 heterocycles. The van der Waals surface area contributed by atoms with Crippen molar-refractivity contribution in [2.24, 2.45) is 0 Å². The quantitative estimate of drug-likeness (QED) is 0.179. The van der Waals surface area contributed by atoms with Gasteiger partial charge >= 0.3 is 21.1 Å². The maximum Gasteiger partial charge on any atom is 2.00 e. The minimum atomic E-state index is 0. The van der Waals surface area contributed by atoms with Crippen LogP contribution in [0.1, 0.15) is 11.4 Å². The van der Waals surface area contributed by atoms with E-state index >= 15 is 0 Å². The normalized spacial score (nSPS) is 14.4. The number of rotatable bonds is 4. The molecule has 220 valence electrons. The molecular weight excluding hydrogens is 736 g/mol. The smallest absolute Gasteiger partial charge is 0.436 e. The molecule has 0 N–H and O–H groups in total. The molecule has 0 amide bonds. The topological polar surface area (TPSA) is 60.5 Å². The molecule has 6 nitrogen and oxygen atoms in total. The van der Waals surface area contributed by atoms with Gasteiger partial charge in [-0.05, 0) is 70.5 Å². The third-order valence-corrected chi connectivity index (χ3v) is 7.13. The molecule has 0 spiro atoms. The number of hydrogen-bond acceptors (Lipinski definition) is 4. The van der Waals surface area contributed by atoms with Crippen molar-refractivity contribution in [3.63, 3.8) is 0 Å². The van der Waals surface area contributed by atoms with E-state index in [2.05, 4.69) is 56.2 Å². The fourth-order valence-electron chi connectivity index (χ4n) is 5.17. The van der Waals surface area contributed by atoms with Crippen LogP contribution < -0.4 is 9.80 Å². The van der Waals surface area contributed by atoms with Crippen molar-refractivity contribution in [1.29, 1.82) is 0 Å². The van der Waals surface area contributed by atoms with Crippen molar-refractivity contribution >= 4 is 46.3 Å². The van der Waals surface area contributed by atoms with Crippen molar-refractivity contribution in [2.45, 2.75) is 0 Å². The monoisotopic (exact) mass is 763 g/mol. The predicted molar refractivity (Wildman–Crippen MR) is 181 cm³/mol. The molecule has 0 saturated heterocycles. The van der Waals surface area contributed by atoms with Crippen LogP contribution in [0.2, 0.25) is 0 Å². The summed E-state index contributed by atoms with van der Waals surface area (Å²) in [4.78, 5) is 13.1. The molecule has 8 rings (SSSR count). The molecule has 2 aromatic heterocycles. The molecule has 0 radical (unpaired) electrons. The molecule has 45 heavy (non-hydrogen) atoms. The summed E-state index contributed by atoms with van der Waals surface area (Å²) in [6.07, 6.45) is 7.60. The summed E-state index contributed by atoms with van der Waals surface area (Å²) < 4.78 is 0. The summed E-state index contributed by atoms with van der Waals surface area (Å²) >= 11 is 0. The van der Waals surface area contributed by atoms with E-state index in [1.54, 1.807) is 12.4 Å². The Morgan fingerprint density at radius 2 is 0.800 bits per heavy atom. The zero-order chi connectivity index (χ0) is 29.6. The first kappa shape index (κ1) is 29.6. The third kappa shape index (κ3) is 6.57. The maximum atomic E-state index is 4.75. The van der Waals surface area contributed by atoms with Gasteiger partial charge in [-0.25, -0.2) is 0 Å². The van der Waals surface area contributed by atoms with Crippen LogP contribution in [-0.4, -0.2) is 9.97 Å². The van der Waals surface area contributed by atoms with Gasteiger partial charge < -0.3 is 20.4 Å². The van der Waals surface area contributed by atoms with Gasteiger partial charge in [0.05, 0.1) is 11.4 Å². The molecule has 0 fully saturated rings. The van der Waals surface area contributed by atoms with Gasteiger partial charge in [-0.1, -0.05) is 133 Å². The Bertz CT molecular complexity index is 1770. The second-order valence-corrected chi connectivity index (χ2v) is 10.1. The van der Waals surface area contributed by atoms with E-state index in [9.17, 15) is 0 Å². The minimum absolute atomic E-state index is 0. The molecule has 6 aromatic rings. The Labute approximate surface area is 277 Å². The van der Waals surface area contributed by atoms with E-state index in [-0.39, 0.29) is 21.1 Å². The van der Waals surface area contributed by atoms with Gasteiger partial charge in [0.1, 0.15) is 0 Å². The Morgan fingerprint density at radius 3 is 1.20 bits per heavy atom. The first-order chi connectivity index (χ1) is 21.8. The number of pyridine rings is 2. The second-order valence-electron chi connectivity index (χ2n) is 10.1. The van der Waals surface area contributed by atoms with Crippen molar-refractivity contribution in [1.82, 2.24) is 9.97 Å². The number of benzene rings is 4. The van der Waals surface area contributed by atoms with Crippen LogP contribution in [-0.2, 0) is 21.1 Å². The van der Waals surface area contributed by atoms with Crippen LogP contribution in [0.25, 0.3) is 22.8 Å². The summed E-state index contributed by atoms with van der Waals surface area (Å²) in [5, 5.41) is 9.50. The first-order valence-corrected chi connectivity index (χ1v) is 14.4. The molecule has 7 heteroatoms. The van der Waals surface area contributed by atoms with Crippen LogP contribution >= 0.6 is 0 Å². The Balaban J connectivity index is 0.000000155. The summed E-state index contributed by atoms with van der Waals surface area (Å²) in [6.45, 7) is 0. The minimum Gasteiger partial charge on any atom is -0.436 e. The Kier molecular flexibility index (Phi) is 9.14. The van der Waals surface area contributed by atoms with Gasteiger partial charge in [0.15, 0.2) is 0 Å². The van der Waals surface area contributed by atoms with Gasteiger partial charge in [0, 0.05) is 12.4 Å². The average molecular weight is 764 g/mol. The van der Waals surface area contributed by atoms with Crippen LogP contribution in [0.15, 0.2) is 170 Å². The fourth-order valence-corrected chi connectivity index (χ4v) is 5.17. The van der Waals surface area contributed by atoms with Gasteiger partial charge in [-0.2, -0.15) is 0 Å². The number of fused-ring (bicyclic) bond motifs is 2. The zero-order valence-corrected chi connectivity index (χ0v) is 26.4. The molecule has 0 aliphatic carbocycles. The van der Waals surface area contributed by atoms with Crippen molar-refractivity contribution < 1.29 is 21.1 Å². The summed E-state index contributed by atoms with van der Waals surface area (Å²) in [5.74, 6) is 1.76. The average Bonchev–Trinajstić information content (AvgIpc) is 3.64. The molecular formula is C38H28N6Pt. The van der Waals surface area contributed by atoms with Crippen molar-refractivity contribution in [3.8, 4) is 0 Å². The number of anilines is 4. The largest absolute Gasteiger partial charge is 2.00 e. The van der Waals surface area contributed by atoms with E-state index in [0.717, 1.165) is 57.2 Å². The van der Waals surface area contributed by atoms with Gasteiger partial charge in [0.2, 0.25) is 0 Å². The van der Waals surface area contributed by atoms with Crippen LogP contribution in [0.4, 0.5) is 34.1 Å². The molecule has 4 aromatic carbocycles. The van der Waals surface area contributed by atoms with Crippen LogP contribution in [0, 0.1) is 0 Å². The zero-order valence-electron chi connectivity index (χ0n) is 24.2. The van der Waals surface area contributed by atoms with E-state index in [1.165, 1.54) is 0 Å². The van der Waals surface area contributed by atoms with E-state index in [4.69, 9.17) is 10.6 Å². The number of aromatic nitrogens is 2. The predicted octanol–water partition coefficient (Wildman–Crippen LogP) is 10.5. The van der Waals surface area contributed by atoms with Crippen LogP contribution in [0.3, 0.4) is 0 Å². The Morgan fingerprint density at radius 1 is 0.422 bits per heavy atom. The van der Waals surface area contributed by atoms with Crippen LogP contribution in [0.5, 0.6) is 0 Å².